The normalized spacial score (nSPS) is 12.0. The van der Waals surface area contributed by atoms with Crippen molar-refractivity contribution in [2.24, 2.45) is 0 Å². The van der Waals surface area contributed by atoms with Crippen molar-refractivity contribution >= 4 is 55.0 Å². The van der Waals surface area contributed by atoms with Crippen molar-refractivity contribution in [3.63, 3.8) is 0 Å². The molecule has 5 aromatic rings. The summed E-state index contributed by atoms with van der Waals surface area (Å²) in [5.41, 5.74) is 8.50. The van der Waals surface area contributed by atoms with Gasteiger partial charge in [-0.05, 0) is 57.4 Å². The SMILES string of the molecule is Brc1ccc2c(c1)Oc1cc(Br)ccc1B2c1c(-c2ccccc2)cccc1-c1ccccc1. The Morgan fingerprint density at radius 1 is 0.500 bits per heavy atom. The maximum atomic E-state index is 6.42. The minimum Gasteiger partial charge on any atom is -0.458 e. The second kappa shape index (κ2) is 8.94. The minimum atomic E-state index is 0.0200. The van der Waals surface area contributed by atoms with Crippen LogP contribution < -0.4 is 21.1 Å². The van der Waals surface area contributed by atoms with Crippen LogP contribution in [-0.4, -0.2) is 6.71 Å². The molecule has 4 heteroatoms. The Balaban J connectivity index is 1.71. The molecule has 0 fully saturated rings. The van der Waals surface area contributed by atoms with Crippen LogP contribution in [0.2, 0.25) is 0 Å². The Labute approximate surface area is 216 Å². The summed E-state index contributed by atoms with van der Waals surface area (Å²) in [5.74, 6) is 1.76. The summed E-state index contributed by atoms with van der Waals surface area (Å²) in [6.45, 7) is 0.0200. The van der Waals surface area contributed by atoms with Gasteiger partial charge in [-0.25, -0.2) is 0 Å². The first kappa shape index (κ1) is 21.5. The van der Waals surface area contributed by atoms with Gasteiger partial charge in [0.05, 0.1) is 0 Å². The summed E-state index contributed by atoms with van der Waals surface area (Å²) >= 11 is 7.27. The standard InChI is InChI=1S/C30H19BBr2O/c32-22-14-16-26-28(18-22)34-29-19-23(33)15-17-27(29)31(26)30-24(20-8-3-1-4-9-20)12-7-13-25(30)21-10-5-2-6-11-21/h1-19H. The number of ether oxygens (including phenoxy) is 1. The van der Waals surface area contributed by atoms with Gasteiger partial charge in [0.2, 0.25) is 0 Å². The zero-order chi connectivity index (χ0) is 23.1. The predicted molar refractivity (Wildman–Crippen MR) is 150 cm³/mol. The van der Waals surface area contributed by atoms with Crippen LogP contribution in [0.4, 0.5) is 0 Å². The van der Waals surface area contributed by atoms with Gasteiger partial charge in [-0.3, -0.25) is 0 Å². The average Bonchev–Trinajstić information content (AvgIpc) is 2.88. The highest BCUT2D eigenvalue weighted by Crippen LogP contribution is 2.32. The summed E-state index contributed by atoms with van der Waals surface area (Å²) in [5, 5.41) is 0. The number of rotatable bonds is 3. The molecule has 5 aromatic carbocycles. The summed E-state index contributed by atoms with van der Waals surface area (Å²) in [6, 6.07) is 40.7. The number of halogens is 2. The number of benzene rings is 5. The van der Waals surface area contributed by atoms with Gasteiger partial charge in [0.15, 0.2) is 0 Å². The number of hydrogen-bond donors (Lipinski definition) is 0. The molecule has 0 saturated heterocycles. The van der Waals surface area contributed by atoms with Gasteiger partial charge in [-0.2, -0.15) is 0 Å². The molecule has 6 rings (SSSR count). The first-order valence-corrected chi connectivity index (χ1v) is 12.8. The van der Waals surface area contributed by atoms with Gasteiger partial charge in [-0.15, -0.1) is 0 Å². The van der Waals surface area contributed by atoms with Crippen LogP contribution in [0, 0.1) is 0 Å². The van der Waals surface area contributed by atoms with E-state index in [2.05, 4.69) is 147 Å². The highest BCUT2D eigenvalue weighted by Gasteiger charge is 2.35. The first-order valence-electron chi connectivity index (χ1n) is 11.2. The van der Waals surface area contributed by atoms with Gasteiger partial charge in [0.1, 0.15) is 11.5 Å². The Hall–Kier alpha value is -3.08. The van der Waals surface area contributed by atoms with Crippen LogP contribution in [0.15, 0.2) is 124 Å². The van der Waals surface area contributed by atoms with E-state index < -0.39 is 0 Å². The van der Waals surface area contributed by atoms with Crippen LogP contribution in [0.3, 0.4) is 0 Å². The van der Waals surface area contributed by atoms with Crippen LogP contribution >= 0.6 is 31.9 Å². The molecular weight excluding hydrogens is 547 g/mol. The van der Waals surface area contributed by atoms with E-state index in [1.807, 2.05) is 0 Å². The molecule has 1 nitrogen and oxygen atoms in total. The molecule has 0 atom stereocenters. The molecule has 162 valence electrons. The van der Waals surface area contributed by atoms with Crippen LogP contribution in [-0.2, 0) is 0 Å². The molecule has 0 aliphatic carbocycles. The second-order valence-corrected chi connectivity index (χ2v) is 10.2. The fourth-order valence-electron chi connectivity index (χ4n) is 4.88. The van der Waals surface area contributed by atoms with Gasteiger partial charge in [0.25, 0.3) is 6.71 Å². The molecule has 0 amide bonds. The van der Waals surface area contributed by atoms with Gasteiger partial charge in [-0.1, -0.05) is 128 Å². The Morgan fingerprint density at radius 2 is 0.971 bits per heavy atom. The van der Waals surface area contributed by atoms with Crippen molar-refractivity contribution in [2.45, 2.75) is 0 Å². The summed E-state index contributed by atoms with van der Waals surface area (Å²) in [7, 11) is 0. The monoisotopic (exact) mass is 564 g/mol. The highest BCUT2D eigenvalue weighted by molar-refractivity contribution is 9.10. The van der Waals surface area contributed by atoms with Crippen molar-refractivity contribution in [1.29, 1.82) is 0 Å². The fraction of sp³-hybridized carbons (Fsp3) is 0. The first-order chi connectivity index (χ1) is 16.7. The van der Waals surface area contributed by atoms with E-state index in [4.69, 9.17) is 4.74 Å². The molecule has 0 saturated carbocycles. The number of hydrogen-bond acceptors (Lipinski definition) is 1. The van der Waals surface area contributed by atoms with Gasteiger partial charge in [0, 0.05) is 8.95 Å². The summed E-state index contributed by atoms with van der Waals surface area (Å²) in [4.78, 5) is 0. The van der Waals surface area contributed by atoms with Crippen molar-refractivity contribution in [1.82, 2.24) is 0 Å². The van der Waals surface area contributed by atoms with Crippen LogP contribution in [0.1, 0.15) is 0 Å². The highest BCUT2D eigenvalue weighted by atomic mass is 79.9. The molecular formula is C30H19BBr2O. The maximum Gasteiger partial charge on any atom is 0.252 e. The molecule has 0 N–H and O–H groups in total. The molecule has 0 bridgehead atoms. The molecule has 0 radical (unpaired) electrons. The van der Waals surface area contributed by atoms with Gasteiger partial charge >= 0.3 is 0 Å². The van der Waals surface area contributed by atoms with E-state index in [1.54, 1.807) is 0 Å². The smallest absolute Gasteiger partial charge is 0.252 e. The zero-order valence-electron chi connectivity index (χ0n) is 18.2. The third-order valence-electron chi connectivity index (χ3n) is 6.36. The second-order valence-electron chi connectivity index (χ2n) is 8.40. The average molecular weight is 566 g/mol. The van der Waals surface area contributed by atoms with Crippen molar-refractivity contribution < 1.29 is 4.74 Å². The molecule has 1 heterocycles. The third-order valence-corrected chi connectivity index (χ3v) is 7.34. The largest absolute Gasteiger partial charge is 0.458 e. The van der Waals surface area contributed by atoms with Crippen LogP contribution in [0.5, 0.6) is 11.5 Å². The number of fused-ring (bicyclic) bond motifs is 2. The van der Waals surface area contributed by atoms with Crippen molar-refractivity contribution in [3.8, 4) is 33.8 Å². The maximum absolute atomic E-state index is 6.42. The third kappa shape index (κ3) is 3.81. The lowest BCUT2D eigenvalue weighted by atomic mass is 9.34. The van der Waals surface area contributed by atoms with Gasteiger partial charge < -0.3 is 4.74 Å². The van der Waals surface area contributed by atoms with E-state index in [9.17, 15) is 0 Å². The lowest BCUT2D eigenvalue weighted by molar-refractivity contribution is 0.487. The Kier molecular flexibility index (Phi) is 5.64. The Bertz CT molecular complexity index is 1390. The van der Waals surface area contributed by atoms with Crippen LogP contribution in [0.25, 0.3) is 22.3 Å². The summed E-state index contributed by atoms with van der Waals surface area (Å²) < 4.78 is 8.43. The molecule has 1 aliphatic heterocycles. The van der Waals surface area contributed by atoms with Crippen molar-refractivity contribution in [2.75, 3.05) is 0 Å². The van der Waals surface area contributed by atoms with E-state index in [0.717, 1.165) is 20.4 Å². The minimum absolute atomic E-state index is 0.0200. The molecule has 0 spiro atoms. The molecule has 1 aliphatic rings. The van der Waals surface area contributed by atoms with E-state index >= 15 is 0 Å². The molecule has 0 aromatic heterocycles. The summed E-state index contributed by atoms with van der Waals surface area (Å²) in [6.07, 6.45) is 0. The quantitative estimate of drug-likeness (QED) is 0.207. The van der Waals surface area contributed by atoms with E-state index in [-0.39, 0.29) is 6.71 Å². The van der Waals surface area contributed by atoms with E-state index in [0.29, 0.717) is 0 Å². The van der Waals surface area contributed by atoms with E-state index in [1.165, 1.54) is 38.6 Å². The molecule has 34 heavy (non-hydrogen) atoms. The lowest BCUT2D eigenvalue weighted by Gasteiger charge is -2.30. The zero-order valence-corrected chi connectivity index (χ0v) is 21.4. The molecule has 0 unspecified atom stereocenters. The topological polar surface area (TPSA) is 9.23 Å². The predicted octanol–water partition coefficient (Wildman–Crippen LogP) is 7.17. The fourth-order valence-corrected chi connectivity index (χ4v) is 5.56. The van der Waals surface area contributed by atoms with Crippen molar-refractivity contribution in [3.05, 3.63) is 124 Å². The lowest BCUT2D eigenvalue weighted by Crippen LogP contribution is -2.56. The Morgan fingerprint density at radius 3 is 1.44 bits per heavy atom.